The van der Waals surface area contributed by atoms with Crippen LogP contribution in [0.1, 0.15) is 52.8 Å². The van der Waals surface area contributed by atoms with Crippen LogP contribution in [0.3, 0.4) is 0 Å². The van der Waals surface area contributed by atoms with E-state index in [9.17, 15) is 17.6 Å². The van der Waals surface area contributed by atoms with Gasteiger partial charge >= 0.3 is 0 Å². The molecule has 0 spiro atoms. The van der Waals surface area contributed by atoms with Crippen molar-refractivity contribution in [2.75, 3.05) is 18.1 Å². The molecule has 8 nitrogen and oxygen atoms in total. The summed E-state index contributed by atoms with van der Waals surface area (Å²) in [5, 5.41) is -0.261. The first-order valence-corrected chi connectivity index (χ1v) is 14.0. The van der Waals surface area contributed by atoms with Crippen LogP contribution in [0.15, 0.2) is 59.8 Å². The van der Waals surface area contributed by atoms with E-state index in [2.05, 4.69) is 30.5 Å². The Balaban J connectivity index is 0.00000420. The van der Waals surface area contributed by atoms with Gasteiger partial charge in [-0.2, -0.15) is 8.42 Å². The smallest absolute Gasteiger partial charge is 0.281 e. The molecular formula is C28H35FN4O4S. The van der Waals surface area contributed by atoms with Crippen LogP contribution in [0.5, 0.6) is 5.75 Å². The van der Waals surface area contributed by atoms with E-state index in [1.807, 2.05) is 18.7 Å². The van der Waals surface area contributed by atoms with E-state index in [0.29, 0.717) is 41.9 Å². The number of carbonyl (C=O) groups is 1. The average Bonchev–Trinajstić information content (AvgIpc) is 3.13. The number of halogens is 1. The van der Waals surface area contributed by atoms with Gasteiger partial charge in [0.05, 0.1) is 17.9 Å². The van der Waals surface area contributed by atoms with Gasteiger partial charge in [0.25, 0.3) is 15.9 Å². The van der Waals surface area contributed by atoms with Gasteiger partial charge in [0.1, 0.15) is 17.4 Å². The molecule has 10 heteroatoms. The highest BCUT2D eigenvalue weighted by Crippen LogP contribution is 2.38. The zero-order chi connectivity index (χ0) is 27.7. The van der Waals surface area contributed by atoms with Gasteiger partial charge in [-0.15, -0.1) is 0 Å². The minimum Gasteiger partial charge on any atom is -0.493 e. The number of rotatable bonds is 8. The third kappa shape index (κ3) is 6.12. The monoisotopic (exact) mass is 542 g/mol. The van der Waals surface area contributed by atoms with Crippen molar-refractivity contribution in [1.82, 2.24) is 14.7 Å². The number of carbonyl (C=O) groups excluding carboxylic acids is 1. The van der Waals surface area contributed by atoms with Crippen molar-refractivity contribution in [3.63, 3.8) is 0 Å². The van der Waals surface area contributed by atoms with Gasteiger partial charge in [-0.3, -0.25) is 4.79 Å². The number of ether oxygens (including phenoxy) is 1. The quantitative estimate of drug-likeness (QED) is 0.412. The lowest BCUT2D eigenvalue weighted by Crippen LogP contribution is -2.41. The second kappa shape index (κ2) is 10.7. The Kier molecular flexibility index (Phi) is 7.73. The molecule has 204 valence electrons. The largest absolute Gasteiger partial charge is 0.493 e. The number of anilines is 1. The molecule has 0 saturated carbocycles. The molecule has 1 atom stereocenters. The third-order valence-electron chi connectivity index (χ3n) is 6.34. The predicted molar refractivity (Wildman–Crippen MR) is 146 cm³/mol. The first kappa shape index (κ1) is 27.5. The molecule has 0 unspecified atom stereocenters. The number of sulfonamides is 1. The highest BCUT2D eigenvalue weighted by Gasteiger charge is 2.39. The Morgan fingerprint density at radius 2 is 2.00 bits per heavy atom. The zero-order valence-corrected chi connectivity index (χ0v) is 23.0. The molecule has 2 aromatic heterocycles. The summed E-state index contributed by atoms with van der Waals surface area (Å²) >= 11 is 0. The fourth-order valence-electron chi connectivity index (χ4n) is 4.74. The number of aromatic nitrogens is 2. The molecule has 38 heavy (non-hydrogen) atoms. The number of hydrogen-bond donors (Lipinski definition) is 1. The summed E-state index contributed by atoms with van der Waals surface area (Å²) in [6.45, 7) is 11.3. The Morgan fingerprint density at radius 1 is 1.24 bits per heavy atom. The maximum atomic E-state index is 14.5. The highest BCUT2D eigenvalue weighted by molar-refractivity contribution is 7.90. The number of amides is 1. The van der Waals surface area contributed by atoms with Gasteiger partial charge in [0.15, 0.2) is 5.03 Å². The van der Waals surface area contributed by atoms with E-state index < -0.39 is 21.7 Å². The molecule has 4 rings (SSSR count). The summed E-state index contributed by atoms with van der Waals surface area (Å²) in [5.74, 6) is 0.0259. The summed E-state index contributed by atoms with van der Waals surface area (Å²) < 4.78 is 48.0. The Hall–Kier alpha value is -3.53. The molecule has 1 N–H and O–H groups in total. The first-order chi connectivity index (χ1) is 17.9. The van der Waals surface area contributed by atoms with Crippen molar-refractivity contribution in [2.24, 2.45) is 11.8 Å². The van der Waals surface area contributed by atoms with Gasteiger partial charge in [-0.05, 0) is 68.5 Å². The highest BCUT2D eigenvalue weighted by atomic mass is 32.2. The molecule has 1 amide bonds. The number of nitrogens with zero attached hydrogens (tertiary/aromatic N) is 3. The lowest BCUT2D eigenvalue weighted by atomic mass is 9.97. The van der Waals surface area contributed by atoms with Gasteiger partial charge in [0, 0.05) is 31.3 Å². The Labute approximate surface area is 224 Å². The number of benzene rings is 1. The molecule has 1 aliphatic heterocycles. The molecule has 0 radical (unpaired) electrons. The van der Waals surface area contributed by atoms with Gasteiger partial charge in [-0.1, -0.05) is 26.8 Å². The van der Waals surface area contributed by atoms with Crippen LogP contribution in [0, 0.1) is 17.7 Å². The van der Waals surface area contributed by atoms with Crippen LogP contribution in [-0.4, -0.2) is 43.0 Å². The van der Waals surface area contributed by atoms with E-state index in [-0.39, 0.29) is 23.5 Å². The van der Waals surface area contributed by atoms with E-state index in [4.69, 9.17) is 9.72 Å². The predicted octanol–water partition coefficient (Wildman–Crippen LogP) is 5.31. The fraction of sp³-hybridized carbons (Fsp3) is 0.393. The van der Waals surface area contributed by atoms with Crippen LogP contribution in [0.4, 0.5) is 10.2 Å². The van der Waals surface area contributed by atoms with Crippen LogP contribution in [0.2, 0.25) is 0 Å². The molecule has 0 bridgehead atoms. The Bertz CT molecular complexity index is 1430. The molecule has 1 aromatic carbocycles. The van der Waals surface area contributed by atoms with Crippen molar-refractivity contribution in [1.29, 1.82) is 0 Å². The number of nitrogens with one attached hydrogen (secondary N) is 1. The minimum atomic E-state index is -4.20. The molecule has 0 aliphatic carbocycles. The molecule has 1 saturated heterocycles. The summed E-state index contributed by atoms with van der Waals surface area (Å²) in [6, 6.07) is 11.9. The molecule has 1 aliphatic rings. The summed E-state index contributed by atoms with van der Waals surface area (Å²) in [7, 11) is -4.20. The van der Waals surface area contributed by atoms with Crippen LogP contribution >= 0.6 is 0 Å². The molecule has 3 heterocycles. The van der Waals surface area contributed by atoms with E-state index in [1.165, 1.54) is 36.5 Å². The normalized spacial score (nSPS) is 17.0. The second-order valence-corrected chi connectivity index (χ2v) is 12.4. The van der Waals surface area contributed by atoms with Crippen LogP contribution in [-0.2, 0) is 10.0 Å². The van der Waals surface area contributed by atoms with Crippen molar-refractivity contribution in [2.45, 2.75) is 51.6 Å². The fourth-order valence-corrected chi connectivity index (χ4v) is 5.66. The SMILES string of the molecule is CC(C)COc1cc(F)cc(-c2ccc(C(=O)NS(=O)(=O)c3ccccn3)c(N3C[C@@H](C)CC3(C)C)n2)c1.[HH]. The maximum absolute atomic E-state index is 14.5. The lowest BCUT2D eigenvalue weighted by molar-refractivity contribution is 0.0981. The van der Waals surface area contributed by atoms with Crippen molar-refractivity contribution in [3.05, 3.63) is 66.1 Å². The van der Waals surface area contributed by atoms with E-state index in [0.717, 1.165) is 6.42 Å². The topological polar surface area (TPSA) is 101 Å². The third-order valence-corrected chi connectivity index (χ3v) is 7.59. The van der Waals surface area contributed by atoms with Gasteiger partial charge in [0.2, 0.25) is 0 Å². The first-order valence-electron chi connectivity index (χ1n) is 12.6. The minimum absolute atomic E-state index is 0. The summed E-state index contributed by atoms with van der Waals surface area (Å²) in [5.41, 5.74) is 0.688. The maximum Gasteiger partial charge on any atom is 0.281 e. The molecule has 1 fully saturated rings. The van der Waals surface area contributed by atoms with Crippen molar-refractivity contribution in [3.8, 4) is 17.0 Å². The van der Waals surface area contributed by atoms with Gasteiger partial charge < -0.3 is 9.64 Å². The van der Waals surface area contributed by atoms with Crippen LogP contribution < -0.4 is 14.4 Å². The average molecular weight is 543 g/mol. The van der Waals surface area contributed by atoms with Crippen molar-refractivity contribution >= 4 is 21.7 Å². The summed E-state index contributed by atoms with van der Waals surface area (Å²) in [6.07, 6.45) is 2.20. The molecule has 3 aromatic rings. The standard InChI is InChI=1S/C28H33FN4O4S.H2/c1-18(2)17-37-22-13-20(12-21(29)14-22)24-10-9-23(26(31-24)33-16-19(3)15-28(33,4)5)27(34)32-38(35,36)25-8-6-7-11-30-25;/h6-14,18-19H,15-17H2,1-5H3,(H,32,34);1H/t19-;/m0./s1. The molecular weight excluding hydrogens is 507 g/mol. The lowest BCUT2D eigenvalue weighted by Gasteiger charge is -2.34. The number of hydrogen-bond acceptors (Lipinski definition) is 7. The Morgan fingerprint density at radius 3 is 2.63 bits per heavy atom. The second-order valence-electron chi connectivity index (χ2n) is 10.8. The van der Waals surface area contributed by atoms with E-state index >= 15 is 0 Å². The number of pyridine rings is 2. The van der Waals surface area contributed by atoms with Gasteiger partial charge in [-0.25, -0.2) is 19.1 Å². The van der Waals surface area contributed by atoms with E-state index in [1.54, 1.807) is 18.2 Å². The zero-order valence-electron chi connectivity index (χ0n) is 22.2. The van der Waals surface area contributed by atoms with Crippen LogP contribution in [0.25, 0.3) is 11.3 Å². The summed E-state index contributed by atoms with van der Waals surface area (Å²) in [4.78, 5) is 24.0. The van der Waals surface area contributed by atoms with Crippen molar-refractivity contribution < 1.29 is 23.8 Å².